The fraction of sp³-hybridized carbons (Fsp3) is 0.368. The van der Waals surface area contributed by atoms with Crippen LogP contribution in [0.15, 0.2) is 47.7 Å². The fourth-order valence-electron chi connectivity index (χ4n) is 3.69. The molecule has 1 N–H and O–H groups in total. The molecule has 0 amide bonds. The topological polar surface area (TPSA) is 58.9 Å². The van der Waals surface area contributed by atoms with Crippen LogP contribution in [0.2, 0.25) is 0 Å². The minimum Gasteiger partial charge on any atom is -0.319 e. The molecule has 4 rings (SSSR count). The SMILES string of the molecule is CN(Cc1ccccc1)C1CCc2[nH]n(-c3cncn3C)c(=O)c2C1. The Morgan fingerprint density at radius 1 is 1.32 bits per heavy atom. The molecular weight excluding hydrogens is 314 g/mol. The monoisotopic (exact) mass is 337 g/mol. The van der Waals surface area contributed by atoms with Gasteiger partial charge in [-0.15, -0.1) is 0 Å². The van der Waals surface area contributed by atoms with Crippen LogP contribution in [-0.4, -0.2) is 37.3 Å². The Balaban J connectivity index is 1.56. The third-order valence-electron chi connectivity index (χ3n) is 5.16. The number of H-pyrrole nitrogens is 1. The summed E-state index contributed by atoms with van der Waals surface area (Å²) >= 11 is 0. The predicted molar refractivity (Wildman–Crippen MR) is 96.9 cm³/mol. The summed E-state index contributed by atoms with van der Waals surface area (Å²) in [5.41, 5.74) is 3.33. The van der Waals surface area contributed by atoms with E-state index in [1.807, 2.05) is 17.7 Å². The van der Waals surface area contributed by atoms with Crippen molar-refractivity contribution in [3.05, 3.63) is 70.0 Å². The molecule has 1 aliphatic carbocycles. The highest BCUT2D eigenvalue weighted by Gasteiger charge is 2.27. The number of nitrogens with one attached hydrogen (secondary N) is 1. The lowest BCUT2D eigenvalue weighted by molar-refractivity contribution is 0.213. The molecule has 1 aliphatic rings. The van der Waals surface area contributed by atoms with E-state index in [2.05, 4.69) is 46.3 Å². The molecule has 0 fully saturated rings. The van der Waals surface area contributed by atoms with E-state index in [0.29, 0.717) is 6.04 Å². The maximum atomic E-state index is 12.9. The zero-order valence-corrected chi connectivity index (χ0v) is 14.6. The van der Waals surface area contributed by atoms with Crippen LogP contribution in [0.4, 0.5) is 0 Å². The Kier molecular flexibility index (Phi) is 4.05. The van der Waals surface area contributed by atoms with E-state index < -0.39 is 0 Å². The number of aromatic amines is 1. The van der Waals surface area contributed by atoms with Gasteiger partial charge in [0, 0.05) is 30.9 Å². The number of aryl methyl sites for hydroxylation is 2. The molecule has 6 heteroatoms. The number of fused-ring (bicyclic) bond motifs is 1. The standard InChI is InChI=1S/C19H23N5O/c1-22(12-14-6-4-3-5-7-14)15-8-9-17-16(10-15)19(25)24(21-17)18-11-20-13-23(18)2/h3-7,11,13,15,21H,8-10,12H2,1-2H3. The lowest BCUT2D eigenvalue weighted by Crippen LogP contribution is -2.37. The molecule has 1 unspecified atom stereocenters. The van der Waals surface area contributed by atoms with Gasteiger partial charge in [-0.2, -0.15) is 0 Å². The number of benzene rings is 1. The summed E-state index contributed by atoms with van der Waals surface area (Å²) in [5.74, 6) is 0.772. The van der Waals surface area contributed by atoms with Crippen LogP contribution in [0, 0.1) is 0 Å². The van der Waals surface area contributed by atoms with Crippen LogP contribution in [0.1, 0.15) is 23.2 Å². The smallest absolute Gasteiger partial charge is 0.276 e. The zero-order valence-electron chi connectivity index (χ0n) is 14.6. The van der Waals surface area contributed by atoms with Crippen LogP contribution >= 0.6 is 0 Å². The Labute approximate surface area is 146 Å². The van der Waals surface area contributed by atoms with Gasteiger partial charge >= 0.3 is 0 Å². The third-order valence-corrected chi connectivity index (χ3v) is 5.16. The second kappa shape index (κ2) is 6.37. The van der Waals surface area contributed by atoms with Crippen molar-refractivity contribution in [3.8, 4) is 5.82 Å². The summed E-state index contributed by atoms with van der Waals surface area (Å²) < 4.78 is 3.47. The number of nitrogens with zero attached hydrogens (tertiary/aromatic N) is 4. The number of rotatable bonds is 4. The predicted octanol–water partition coefficient (Wildman–Crippen LogP) is 1.89. The lowest BCUT2D eigenvalue weighted by atomic mass is 9.92. The Morgan fingerprint density at radius 2 is 2.12 bits per heavy atom. The van der Waals surface area contributed by atoms with E-state index in [4.69, 9.17) is 0 Å². The Morgan fingerprint density at radius 3 is 2.84 bits per heavy atom. The van der Waals surface area contributed by atoms with Crippen molar-refractivity contribution in [2.75, 3.05) is 7.05 Å². The molecule has 3 aromatic rings. The molecule has 0 radical (unpaired) electrons. The average Bonchev–Trinajstić information content (AvgIpc) is 3.19. The van der Waals surface area contributed by atoms with Gasteiger partial charge in [-0.05, 0) is 31.9 Å². The first-order valence-corrected chi connectivity index (χ1v) is 8.67. The molecule has 1 aromatic carbocycles. The summed E-state index contributed by atoms with van der Waals surface area (Å²) in [6.07, 6.45) is 6.17. The first kappa shape index (κ1) is 15.9. The van der Waals surface area contributed by atoms with Crippen molar-refractivity contribution >= 4 is 0 Å². The fourth-order valence-corrected chi connectivity index (χ4v) is 3.69. The largest absolute Gasteiger partial charge is 0.319 e. The zero-order chi connectivity index (χ0) is 17.4. The molecule has 2 aromatic heterocycles. The van der Waals surface area contributed by atoms with Gasteiger partial charge in [0.05, 0.1) is 12.5 Å². The van der Waals surface area contributed by atoms with E-state index in [9.17, 15) is 4.79 Å². The van der Waals surface area contributed by atoms with Gasteiger partial charge in [0.1, 0.15) is 0 Å². The second-order valence-corrected chi connectivity index (χ2v) is 6.87. The molecule has 130 valence electrons. The van der Waals surface area contributed by atoms with E-state index in [1.165, 1.54) is 5.56 Å². The van der Waals surface area contributed by atoms with Gasteiger partial charge < -0.3 is 4.57 Å². The molecule has 6 nitrogen and oxygen atoms in total. The normalized spacial score (nSPS) is 17.0. The minimum absolute atomic E-state index is 0.0522. The number of likely N-dealkylation sites (N-methyl/N-ethyl adjacent to an activating group) is 1. The summed E-state index contributed by atoms with van der Waals surface area (Å²) in [6, 6.07) is 10.9. The third kappa shape index (κ3) is 2.93. The van der Waals surface area contributed by atoms with Crippen molar-refractivity contribution in [1.82, 2.24) is 24.2 Å². The number of hydrogen-bond donors (Lipinski definition) is 1. The first-order valence-electron chi connectivity index (χ1n) is 8.67. The van der Waals surface area contributed by atoms with E-state index in [1.54, 1.807) is 17.2 Å². The van der Waals surface area contributed by atoms with Crippen molar-refractivity contribution in [2.45, 2.75) is 31.8 Å². The highest BCUT2D eigenvalue weighted by molar-refractivity contribution is 5.28. The second-order valence-electron chi connectivity index (χ2n) is 6.87. The minimum atomic E-state index is 0.0522. The molecule has 0 bridgehead atoms. The number of imidazole rings is 1. The van der Waals surface area contributed by atoms with Crippen LogP contribution in [0.25, 0.3) is 5.82 Å². The van der Waals surface area contributed by atoms with Crippen LogP contribution in [0.5, 0.6) is 0 Å². The van der Waals surface area contributed by atoms with Gasteiger partial charge in [0.2, 0.25) is 0 Å². The van der Waals surface area contributed by atoms with Gasteiger partial charge in [-0.25, -0.2) is 9.67 Å². The molecular formula is C19H23N5O. The summed E-state index contributed by atoms with van der Waals surface area (Å²) in [7, 11) is 4.04. The van der Waals surface area contributed by atoms with E-state index in [-0.39, 0.29) is 5.56 Å². The van der Waals surface area contributed by atoms with Crippen molar-refractivity contribution in [2.24, 2.45) is 7.05 Å². The molecule has 0 aliphatic heterocycles. The van der Waals surface area contributed by atoms with E-state index >= 15 is 0 Å². The Hall–Kier alpha value is -2.60. The van der Waals surface area contributed by atoms with Crippen molar-refractivity contribution in [3.63, 3.8) is 0 Å². The van der Waals surface area contributed by atoms with Gasteiger partial charge in [-0.3, -0.25) is 14.8 Å². The molecule has 1 atom stereocenters. The lowest BCUT2D eigenvalue weighted by Gasteiger charge is -2.30. The van der Waals surface area contributed by atoms with E-state index in [0.717, 1.165) is 42.9 Å². The van der Waals surface area contributed by atoms with Crippen molar-refractivity contribution in [1.29, 1.82) is 0 Å². The van der Waals surface area contributed by atoms with Gasteiger partial charge in [0.25, 0.3) is 5.56 Å². The maximum absolute atomic E-state index is 12.9. The molecule has 25 heavy (non-hydrogen) atoms. The molecule has 0 spiro atoms. The number of aromatic nitrogens is 4. The maximum Gasteiger partial charge on any atom is 0.276 e. The van der Waals surface area contributed by atoms with Gasteiger partial charge in [0.15, 0.2) is 5.82 Å². The summed E-state index contributed by atoms with van der Waals surface area (Å²) in [4.78, 5) is 19.3. The quantitative estimate of drug-likeness (QED) is 0.791. The van der Waals surface area contributed by atoms with Crippen LogP contribution in [-0.2, 0) is 26.4 Å². The molecule has 2 heterocycles. The average molecular weight is 337 g/mol. The highest BCUT2D eigenvalue weighted by atomic mass is 16.1. The van der Waals surface area contributed by atoms with Crippen LogP contribution < -0.4 is 5.56 Å². The first-order chi connectivity index (χ1) is 12.1. The summed E-state index contributed by atoms with van der Waals surface area (Å²) in [6.45, 7) is 0.904. The molecule has 0 saturated carbocycles. The molecule has 0 saturated heterocycles. The van der Waals surface area contributed by atoms with Gasteiger partial charge in [-0.1, -0.05) is 30.3 Å². The Bertz CT molecular complexity index is 921. The highest BCUT2D eigenvalue weighted by Crippen LogP contribution is 2.22. The van der Waals surface area contributed by atoms with Crippen LogP contribution in [0.3, 0.4) is 0 Å². The summed E-state index contributed by atoms with van der Waals surface area (Å²) in [5, 5.41) is 3.28. The number of hydrogen-bond acceptors (Lipinski definition) is 3. The van der Waals surface area contributed by atoms with Crippen molar-refractivity contribution < 1.29 is 0 Å².